The van der Waals surface area contributed by atoms with E-state index in [0.717, 1.165) is 17.0 Å². The predicted molar refractivity (Wildman–Crippen MR) is 79.6 cm³/mol. The number of hydrogen-bond donors (Lipinski definition) is 0. The van der Waals surface area contributed by atoms with Crippen LogP contribution in [-0.4, -0.2) is 11.2 Å². The molecule has 2 rings (SSSR count). The maximum atomic E-state index is 11.8. The van der Waals surface area contributed by atoms with Crippen molar-refractivity contribution in [1.29, 1.82) is 0 Å². The van der Waals surface area contributed by atoms with Gasteiger partial charge in [-0.3, -0.25) is 4.79 Å². The zero-order valence-corrected chi connectivity index (χ0v) is 15.1. The first-order chi connectivity index (χ1) is 9.76. The summed E-state index contributed by atoms with van der Waals surface area (Å²) in [5, 5.41) is 0. The van der Waals surface area contributed by atoms with E-state index in [1.807, 2.05) is 31.2 Å². The Bertz CT molecular complexity index is 693. The average Bonchev–Trinajstić information content (AvgIpc) is 2.48. The van der Waals surface area contributed by atoms with Crippen molar-refractivity contribution >= 4 is 0 Å². The van der Waals surface area contributed by atoms with E-state index in [4.69, 9.17) is 4.74 Å². The molecule has 21 heavy (non-hydrogen) atoms. The maximum Gasteiger partial charge on any atom is 0.194 e. The first-order valence-electron chi connectivity index (χ1n) is 6.50. The molecule has 0 aliphatic carbocycles. The minimum Gasteiger partial charge on any atom is -0.481 e. The Labute approximate surface area is 150 Å². The van der Waals surface area contributed by atoms with Crippen LogP contribution < -0.4 is 10.3 Å². The summed E-state index contributed by atoms with van der Waals surface area (Å²) in [7, 11) is 0. The topological polar surface area (TPSA) is 31.2 Å². The zero-order chi connectivity index (χ0) is 14.4. The number of aromatic nitrogens is 1. The summed E-state index contributed by atoms with van der Waals surface area (Å²) in [6.45, 7) is 4.73. The van der Waals surface area contributed by atoms with Crippen LogP contribution in [0.15, 0.2) is 41.2 Å². The molecule has 0 amide bonds. The van der Waals surface area contributed by atoms with Gasteiger partial charge in [0.05, 0.1) is 0 Å². The van der Waals surface area contributed by atoms with Crippen LogP contribution in [0.3, 0.4) is 0 Å². The SMILES string of the molecule is CC#CCOc1ccc(-c2[c-]ccc(=O)n2CC)cc1.[Y]. The molecule has 105 valence electrons. The van der Waals surface area contributed by atoms with Crippen LogP contribution >= 0.6 is 0 Å². The summed E-state index contributed by atoms with van der Waals surface area (Å²) >= 11 is 0. The van der Waals surface area contributed by atoms with Crippen molar-refractivity contribution in [3.05, 3.63) is 52.8 Å². The van der Waals surface area contributed by atoms with E-state index in [1.54, 1.807) is 17.6 Å². The monoisotopic (exact) mass is 355 g/mol. The minimum absolute atomic E-state index is 0. The van der Waals surface area contributed by atoms with Crippen molar-refractivity contribution in [2.45, 2.75) is 20.4 Å². The molecule has 0 aliphatic heterocycles. The van der Waals surface area contributed by atoms with E-state index in [9.17, 15) is 4.79 Å². The van der Waals surface area contributed by atoms with Crippen LogP contribution in [0.4, 0.5) is 0 Å². The Morgan fingerprint density at radius 3 is 2.57 bits per heavy atom. The number of nitrogens with zero attached hydrogens (tertiary/aromatic N) is 1. The van der Waals surface area contributed by atoms with Gasteiger partial charge in [0, 0.05) is 39.3 Å². The van der Waals surface area contributed by atoms with Crippen LogP contribution in [0.2, 0.25) is 0 Å². The normalized spacial score (nSPS) is 9.24. The Morgan fingerprint density at radius 2 is 1.95 bits per heavy atom. The van der Waals surface area contributed by atoms with Crippen molar-refractivity contribution in [1.82, 2.24) is 4.57 Å². The van der Waals surface area contributed by atoms with Crippen molar-refractivity contribution < 1.29 is 37.4 Å². The Kier molecular flexibility index (Phi) is 7.43. The number of rotatable bonds is 4. The summed E-state index contributed by atoms with van der Waals surface area (Å²) in [6.07, 6.45) is 0. The maximum absolute atomic E-state index is 11.8. The summed E-state index contributed by atoms with van der Waals surface area (Å²) < 4.78 is 7.16. The molecule has 1 aromatic heterocycles. The van der Waals surface area contributed by atoms with Gasteiger partial charge in [-0.25, -0.2) is 0 Å². The van der Waals surface area contributed by atoms with Crippen molar-refractivity contribution in [3.63, 3.8) is 0 Å². The fourth-order valence-electron chi connectivity index (χ4n) is 1.92. The van der Waals surface area contributed by atoms with E-state index in [1.165, 1.54) is 6.07 Å². The largest absolute Gasteiger partial charge is 0.481 e. The van der Waals surface area contributed by atoms with Gasteiger partial charge in [0.2, 0.25) is 0 Å². The predicted octanol–water partition coefficient (Wildman–Crippen LogP) is 2.73. The van der Waals surface area contributed by atoms with E-state index >= 15 is 0 Å². The number of ether oxygens (including phenoxy) is 1. The molecule has 3 nitrogen and oxygen atoms in total. The van der Waals surface area contributed by atoms with E-state index < -0.39 is 0 Å². The summed E-state index contributed by atoms with van der Waals surface area (Å²) in [5.41, 5.74) is 1.72. The zero-order valence-electron chi connectivity index (χ0n) is 12.2. The van der Waals surface area contributed by atoms with Crippen LogP contribution in [0.5, 0.6) is 5.75 Å². The first-order valence-corrected chi connectivity index (χ1v) is 6.50. The molecule has 0 saturated heterocycles. The van der Waals surface area contributed by atoms with Gasteiger partial charge in [-0.05, 0) is 26.0 Å². The molecule has 0 saturated carbocycles. The summed E-state index contributed by atoms with van der Waals surface area (Å²) in [4.78, 5) is 11.8. The van der Waals surface area contributed by atoms with E-state index in [0.29, 0.717) is 13.2 Å². The van der Waals surface area contributed by atoms with Gasteiger partial charge in [0.1, 0.15) is 12.4 Å². The van der Waals surface area contributed by atoms with Gasteiger partial charge in [-0.15, -0.1) is 18.1 Å². The van der Waals surface area contributed by atoms with Crippen molar-refractivity contribution in [3.8, 4) is 28.8 Å². The van der Waals surface area contributed by atoms with Gasteiger partial charge in [-0.1, -0.05) is 23.2 Å². The Hall–Kier alpha value is -1.37. The fourth-order valence-corrected chi connectivity index (χ4v) is 1.92. The molecule has 0 bridgehead atoms. The summed E-state index contributed by atoms with van der Waals surface area (Å²) in [5.74, 6) is 6.39. The van der Waals surface area contributed by atoms with E-state index in [-0.39, 0.29) is 38.3 Å². The molecule has 0 unspecified atom stereocenters. The third-order valence-corrected chi connectivity index (χ3v) is 2.91. The molecule has 4 heteroatoms. The number of hydrogen-bond acceptors (Lipinski definition) is 2. The van der Waals surface area contributed by atoms with Gasteiger partial charge < -0.3 is 9.30 Å². The summed E-state index contributed by atoms with van der Waals surface area (Å²) in [6, 6.07) is 13.9. The average molecular weight is 355 g/mol. The van der Waals surface area contributed by atoms with Gasteiger partial charge >= 0.3 is 0 Å². The molecule has 2 aromatic rings. The van der Waals surface area contributed by atoms with Gasteiger partial charge in [-0.2, -0.15) is 12.1 Å². The van der Waals surface area contributed by atoms with E-state index in [2.05, 4.69) is 17.9 Å². The molecule has 0 N–H and O–H groups in total. The minimum atomic E-state index is -0.0141. The third-order valence-electron chi connectivity index (χ3n) is 2.91. The van der Waals surface area contributed by atoms with Crippen LogP contribution in [-0.2, 0) is 39.3 Å². The fraction of sp³-hybridized carbons (Fsp3) is 0.235. The third kappa shape index (κ3) is 4.56. The molecule has 0 atom stereocenters. The second kappa shape index (κ2) is 8.82. The molecule has 1 radical (unpaired) electrons. The molecular formula is C17H16NO2Y-. The molecular weight excluding hydrogens is 339 g/mol. The molecule has 1 aromatic carbocycles. The van der Waals surface area contributed by atoms with Crippen molar-refractivity contribution in [2.75, 3.05) is 6.61 Å². The standard InChI is InChI=1S/C17H16NO2.Y/c1-3-5-13-20-15-11-9-14(10-12-15)16-7-6-8-17(19)18(16)4-2;/h6,8-12H,4,13H2,1-2H3;/q-1;. The van der Waals surface area contributed by atoms with Gasteiger partial charge in [0.15, 0.2) is 5.56 Å². The van der Waals surface area contributed by atoms with Crippen molar-refractivity contribution in [2.24, 2.45) is 0 Å². The second-order valence-corrected chi connectivity index (χ2v) is 4.15. The van der Waals surface area contributed by atoms with Crippen LogP contribution in [0.1, 0.15) is 13.8 Å². The smallest absolute Gasteiger partial charge is 0.194 e. The quantitative estimate of drug-likeness (QED) is 0.624. The molecule has 0 spiro atoms. The van der Waals surface area contributed by atoms with Crippen LogP contribution in [0.25, 0.3) is 11.3 Å². The number of benzene rings is 1. The Balaban J connectivity index is 0.00000220. The number of pyridine rings is 1. The molecule has 0 fully saturated rings. The first kappa shape index (κ1) is 17.7. The second-order valence-electron chi connectivity index (χ2n) is 4.15. The van der Waals surface area contributed by atoms with Gasteiger partial charge in [0.25, 0.3) is 0 Å². The Morgan fingerprint density at radius 1 is 1.24 bits per heavy atom. The molecule has 0 aliphatic rings. The van der Waals surface area contributed by atoms with Crippen LogP contribution in [0, 0.1) is 17.9 Å². The molecule has 1 heterocycles.